The third kappa shape index (κ3) is 4.36. The molecule has 0 amide bonds. The van der Waals surface area contributed by atoms with E-state index in [4.69, 9.17) is 19.9 Å². The number of nitrogens with zero attached hydrogens (tertiary/aromatic N) is 1. The minimum absolute atomic E-state index is 0.168. The molecule has 31 heavy (non-hydrogen) atoms. The van der Waals surface area contributed by atoms with Gasteiger partial charge in [-0.15, -0.1) is 0 Å². The summed E-state index contributed by atoms with van der Waals surface area (Å²) < 4.78 is 45.6. The second-order valence-electron chi connectivity index (χ2n) is 7.94. The lowest BCUT2D eigenvalue weighted by molar-refractivity contribution is -0.0877. The van der Waals surface area contributed by atoms with Gasteiger partial charge < -0.3 is 25.3 Å². The molecule has 8 heteroatoms. The van der Waals surface area contributed by atoms with Crippen molar-refractivity contribution in [2.75, 3.05) is 27.4 Å². The maximum Gasteiger partial charge on any atom is 0.195 e. The van der Waals surface area contributed by atoms with Crippen LogP contribution in [-0.2, 0) is 15.2 Å². The first-order valence-electron chi connectivity index (χ1n) is 10.4. The van der Waals surface area contributed by atoms with E-state index in [-0.39, 0.29) is 18.0 Å². The first-order valence-corrected chi connectivity index (χ1v) is 10.4. The van der Waals surface area contributed by atoms with Crippen molar-refractivity contribution in [2.24, 2.45) is 16.6 Å². The monoisotopic (exact) mass is 431 g/mol. The molecule has 3 atom stereocenters. The number of nitrogens with two attached hydrogens (primary N) is 1. The number of methoxy groups -OCH3 is 1. The van der Waals surface area contributed by atoms with Crippen LogP contribution in [0.5, 0.6) is 5.75 Å². The molecule has 2 aromatic carbocycles. The number of ether oxygens (including phenoxy) is 3. The van der Waals surface area contributed by atoms with Gasteiger partial charge in [0.15, 0.2) is 11.7 Å². The number of aliphatic imine (C=N–C) groups is 1. The van der Waals surface area contributed by atoms with Crippen LogP contribution >= 0.6 is 0 Å². The van der Waals surface area contributed by atoms with Gasteiger partial charge in [0.25, 0.3) is 0 Å². The molecule has 4 rings (SSSR count). The van der Waals surface area contributed by atoms with Crippen molar-refractivity contribution in [3.63, 3.8) is 0 Å². The number of benzene rings is 2. The number of guanidine groups is 1. The van der Waals surface area contributed by atoms with Crippen molar-refractivity contribution >= 4 is 5.96 Å². The number of hydrogen-bond acceptors (Lipinski definition) is 4. The summed E-state index contributed by atoms with van der Waals surface area (Å²) in [4.78, 5) is 4.65. The lowest BCUT2D eigenvalue weighted by atomic mass is 9.84. The Labute approximate surface area is 180 Å². The number of rotatable bonds is 4. The molecule has 6 nitrogen and oxygen atoms in total. The smallest absolute Gasteiger partial charge is 0.195 e. The maximum atomic E-state index is 13.8. The SMILES string of the molecule is CN/C(N)=N\[C@]1(OC)C[C@@H]([C@@H]2CCCOC2)Oc2ccc(-c3cc(F)cc(F)c3)cc21. The van der Waals surface area contributed by atoms with Crippen molar-refractivity contribution < 1.29 is 23.0 Å². The number of fused-ring (bicyclic) bond motifs is 1. The molecule has 1 fully saturated rings. The third-order valence-corrected chi connectivity index (χ3v) is 5.97. The highest BCUT2D eigenvalue weighted by atomic mass is 19.1. The fourth-order valence-electron chi connectivity index (χ4n) is 4.34. The van der Waals surface area contributed by atoms with Gasteiger partial charge >= 0.3 is 0 Å². The van der Waals surface area contributed by atoms with Crippen LogP contribution in [0.15, 0.2) is 41.4 Å². The Morgan fingerprint density at radius 3 is 2.61 bits per heavy atom. The van der Waals surface area contributed by atoms with E-state index in [1.807, 2.05) is 0 Å². The molecule has 0 radical (unpaired) electrons. The Kier molecular flexibility index (Phi) is 6.11. The highest BCUT2D eigenvalue weighted by Crippen LogP contribution is 2.46. The Balaban J connectivity index is 1.81. The van der Waals surface area contributed by atoms with Crippen molar-refractivity contribution in [3.8, 4) is 16.9 Å². The Morgan fingerprint density at radius 2 is 1.97 bits per heavy atom. The average Bonchev–Trinajstić information content (AvgIpc) is 2.78. The zero-order valence-corrected chi connectivity index (χ0v) is 17.7. The van der Waals surface area contributed by atoms with Crippen LogP contribution in [0.2, 0.25) is 0 Å². The van der Waals surface area contributed by atoms with E-state index in [1.54, 1.807) is 32.4 Å². The number of hydrogen-bond donors (Lipinski definition) is 2. The van der Waals surface area contributed by atoms with Gasteiger partial charge in [-0.2, -0.15) is 0 Å². The largest absolute Gasteiger partial charge is 0.489 e. The zero-order chi connectivity index (χ0) is 22.0. The van der Waals surface area contributed by atoms with Crippen LogP contribution < -0.4 is 15.8 Å². The second-order valence-corrected chi connectivity index (χ2v) is 7.94. The number of nitrogens with one attached hydrogen (secondary N) is 1. The summed E-state index contributed by atoms with van der Waals surface area (Å²) in [7, 11) is 3.26. The van der Waals surface area contributed by atoms with E-state index in [0.29, 0.717) is 35.5 Å². The summed E-state index contributed by atoms with van der Waals surface area (Å²) in [6, 6.07) is 8.79. The first kappa shape index (κ1) is 21.5. The van der Waals surface area contributed by atoms with Crippen molar-refractivity contribution in [3.05, 3.63) is 53.6 Å². The summed E-state index contributed by atoms with van der Waals surface area (Å²) >= 11 is 0. The Morgan fingerprint density at radius 1 is 1.19 bits per heavy atom. The summed E-state index contributed by atoms with van der Waals surface area (Å²) in [5, 5.41) is 2.84. The van der Waals surface area contributed by atoms with Gasteiger partial charge in [-0.3, -0.25) is 0 Å². The fraction of sp³-hybridized carbons (Fsp3) is 0.435. The highest BCUT2D eigenvalue weighted by molar-refractivity contribution is 5.78. The molecule has 2 heterocycles. The number of halogens is 2. The predicted octanol–water partition coefficient (Wildman–Crippen LogP) is 3.54. The summed E-state index contributed by atoms with van der Waals surface area (Å²) in [5.41, 5.74) is 6.62. The van der Waals surface area contributed by atoms with Crippen molar-refractivity contribution in [1.29, 1.82) is 0 Å². The summed E-state index contributed by atoms with van der Waals surface area (Å²) in [5.74, 6) is -0.250. The van der Waals surface area contributed by atoms with Crippen LogP contribution in [0.4, 0.5) is 8.78 Å². The molecule has 2 aliphatic rings. The van der Waals surface area contributed by atoms with Crippen LogP contribution in [0.25, 0.3) is 11.1 Å². The van der Waals surface area contributed by atoms with E-state index in [2.05, 4.69) is 10.3 Å². The molecule has 166 valence electrons. The molecular formula is C23H27F2N3O3. The van der Waals surface area contributed by atoms with Crippen LogP contribution in [0.1, 0.15) is 24.8 Å². The van der Waals surface area contributed by atoms with Crippen molar-refractivity contribution in [1.82, 2.24) is 5.32 Å². The molecule has 0 aromatic heterocycles. The maximum absolute atomic E-state index is 13.8. The normalized spacial score (nSPS) is 26.1. The van der Waals surface area contributed by atoms with Crippen molar-refractivity contribution in [2.45, 2.75) is 31.1 Å². The Hall–Kier alpha value is -2.71. The molecule has 1 saturated heterocycles. The van der Waals surface area contributed by atoms with Gasteiger partial charge in [0.05, 0.1) is 6.61 Å². The summed E-state index contributed by atoms with van der Waals surface area (Å²) in [6.07, 6.45) is 2.24. The highest BCUT2D eigenvalue weighted by Gasteiger charge is 2.45. The van der Waals surface area contributed by atoms with E-state index in [1.165, 1.54) is 12.1 Å². The molecule has 2 aliphatic heterocycles. The molecule has 0 unspecified atom stereocenters. The van der Waals surface area contributed by atoms with E-state index in [9.17, 15) is 8.78 Å². The lowest BCUT2D eigenvalue weighted by Crippen LogP contribution is -2.46. The molecular weight excluding hydrogens is 404 g/mol. The topological polar surface area (TPSA) is 78.1 Å². The van der Waals surface area contributed by atoms with E-state index >= 15 is 0 Å². The van der Waals surface area contributed by atoms with Gasteiger partial charge in [0.2, 0.25) is 0 Å². The average molecular weight is 431 g/mol. The van der Waals surface area contributed by atoms with Gasteiger partial charge in [0, 0.05) is 44.7 Å². The molecule has 0 aliphatic carbocycles. The minimum Gasteiger partial charge on any atom is -0.489 e. The van der Waals surface area contributed by atoms with E-state index in [0.717, 1.165) is 25.5 Å². The van der Waals surface area contributed by atoms with E-state index < -0.39 is 17.4 Å². The second kappa shape index (κ2) is 8.80. The van der Waals surface area contributed by atoms with Gasteiger partial charge in [-0.05, 0) is 48.2 Å². The lowest BCUT2D eigenvalue weighted by Gasteiger charge is -2.42. The molecule has 0 saturated carbocycles. The molecule has 0 spiro atoms. The van der Waals surface area contributed by atoms with Crippen LogP contribution in [-0.4, -0.2) is 39.4 Å². The quantitative estimate of drug-likeness (QED) is 0.572. The van der Waals surface area contributed by atoms with Gasteiger partial charge in [-0.25, -0.2) is 13.8 Å². The van der Waals surface area contributed by atoms with Crippen LogP contribution in [0, 0.1) is 17.6 Å². The zero-order valence-electron chi connectivity index (χ0n) is 17.7. The van der Waals surface area contributed by atoms with Gasteiger partial charge in [-0.1, -0.05) is 6.07 Å². The molecule has 0 bridgehead atoms. The Bertz CT molecular complexity index is 958. The minimum atomic E-state index is -1.11. The summed E-state index contributed by atoms with van der Waals surface area (Å²) in [6.45, 7) is 1.37. The first-order chi connectivity index (χ1) is 14.9. The standard InChI is InChI=1S/C23H27F2N3O3/c1-27-22(26)28-23(29-2)12-21(15-4-3-7-30-13-15)31-20-6-5-14(10-19(20)23)16-8-17(24)11-18(25)9-16/h5-6,8-11,15,21H,3-4,7,12-13H2,1-2H3,(H3,26,27,28)/t15-,21+,23+/m1/s1. The molecule has 2 aromatic rings. The van der Waals surface area contributed by atoms with Crippen LogP contribution in [0.3, 0.4) is 0 Å². The molecule has 3 N–H and O–H groups in total. The third-order valence-electron chi connectivity index (χ3n) is 5.97. The van der Waals surface area contributed by atoms with Gasteiger partial charge in [0.1, 0.15) is 23.5 Å². The fourth-order valence-corrected chi connectivity index (χ4v) is 4.34. The predicted molar refractivity (Wildman–Crippen MR) is 114 cm³/mol.